The number of likely N-dealkylation sites (N-methyl/N-ethyl adjacent to an activating group) is 1. The second-order valence-corrected chi connectivity index (χ2v) is 7.38. The van der Waals surface area contributed by atoms with E-state index in [4.69, 9.17) is 4.98 Å². The van der Waals surface area contributed by atoms with E-state index < -0.39 is 0 Å². The van der Waals surface area contributed by atoms with E-state index in [0.717, 1.165) is 43.0 Å². The zero-order valence-electron chi connectivity index (χ0n) is 13.6. The monoisotopic (exact) mass is 354 g/mol. The zero-order chi connectivity index (χ0) is 15.4. The molecule has 1 N–H and O–H groups in total. The van der Waals surface area contributed by atoms with Crippen LogP contribution < -0.4 is 10.2 Å². The summed E-state index contributed by atoms with van der Waals surface area (Å²) >= 11 is 3.55. The molecular formula is C16H27BrN4. The van der Waals surface area contributed by atoms with Crippen LogP contribution in [0.15, 0.2) is 16.7 Å². The summed E-state index contributed by atoms with van der Waals surface area (Å²) in [5.41, 5.74) is 1.28. The Bertz CT molecular complexity index is 464. The molecule has 0 aliphatic carbocycles. The first kappa shape index (κ1) is 16.7. The maximum absolute atomic E-state index is 4.70. The van der Waals surface area contributed by atoms with Gasteiger partial charge in [-0.05, 0) is 48.4 Å². The predicted octanol–water partition coefficient (Wildman–Crippen LogP) is 2.73. The molecule has 1 atom stereocenters. The molecule has 0 saturated carbocycles. The summed E-state index contributed by atoms with van der Waals surface area (Å²) in [6.45, 7) is 11.9. The molecule has 0 bridgehead atoms. The van der Waals surface area contributed by atoms with Gasteiger partial charge in [-0.1, -0.05) is 13.8 Å². The molecule has 0 amide bonds. The minimum absolute atomic E-state index is 0.501. The second-order valence-electron chi connectivity index (χ2n) is 6.47. The Hall–Kier alpha value is -0.650. The van der Waals surface area contributed by atoms with Crippen molar-refractivity contribution in [1.29, 1.82) is 0 Å². The highest BCUT2D eigenvalue weighted by Gasteiger charge is 2.24. The topological polar surface area (TPSA) is 31.4 Å². The van der Waals surface area contributed by atoms with Gasteiger partial charge in [0.1, 0.15) is 5.82 Å². The average molecular weight is 355 g/mol. The molecule has 1 aromatic rings. The Morgan fingerprint density at radius 1 is 1.43 bits per heavy atom. The van der Waals surface area contributed by atoms with Crippen LogP contribution in [0.2, 0.25) is 0 Å². The van der Waals surface area contributed by atoms with Crippen LogP contribution in [0.25, 0.3) is 0 Å². The highest BCUT2D eigenvalue weighted by atomic mass is 79.9. The number of piperazine rings is 1. The number of nitrogens with one attached hydrogen (secondary N) is 1. The van der Waals surface area contributed by atoms with Crippen molar-refractivity contribution in [3.05, 3.63) is 22.3 Å². The third kappa shape index (κ3) is 4.66. The van der Waals surface area contributed by atoms with E-state index in [1.807, 2.05) is 6.20 Å². The summed E-state index contributed by atoms with van der Waals surface area (Å²) in [4.78, 5) is 9.52. The smallest absolute Gasteiger partial charge is 0.133 e. The molecule has 1 aliphatic rings. The van der Waals surface area contributed by atoms with Crippen LogP contribution in [0.1, 0.15) is 26.3 Å². The van der Waals surface area contributed by atoms with E-state index in [1.54, 1.807) is 0 Å². The van der Waals surface area contributed by atoms with E-state index in [-0.39, 0.29) is 0 Å². The highest BCUT2D eigenvalue weighted by molar-refractivity contribution is 9.10. The van der Waals surface area contributed by atoms with Gasteiger partial charge in [0.05, 0.1) is 0 Å². The number of aromatic nitrogens is 1. The Morgan fingerprint density at radius 2 is 2.19 bits per heavy atom. The lowest BCUT2D eigenvalue weighted by atomic mass is 10.1. The van der Waals surface area contributed by atoms with E-state index >= 15 is 0 Å². The predicted molar refractivity (Wildman–Crippen MR) is 92.8 cm³/mol. The van der Waals surface area contributed by atoms with Crippen molar-refractivity contribution in [3.63, 3.8) is 0 Å². The van der Waals surface area contributed by atoms with Gasteiger partial charge in [0.2, 0.25) is 0 Å². The average Bonchev–Trinajstić information content (AvgIpc) is 2.39. The number of halogens is 1. The SMILES string of the molecule is CC(C)CNCc1cc(Br)cnc1N1CCN(C)CC1C. The van der Waals surface area contributed by atoms with Crippen molar-refractivity contribution < 1.29 is 0 Å². The summed E-state index contributed by atoms with van der Waals surface area (Å²) in [7, 11) is 2.19. The number of nitrogens with zero attached hydrogens (tertiary/aromatic N) is 3. The molecule has 118 valence electrons. The van der Waals surface area contributed by atoms with Gasteiger partial charge in [0.15, 0.2) is 0 Å². The standard InChI is InChI=1S/C16H27BrN4/c1-12(2)8-18-9-14-7-15(17)10-19-16(14)21-6-5-20(4)11-13(21)3/h7,10,12-13,18H,5-6,8-9,11H2,1-4H3. The van der Waals surface area contributed by atoms with Crippen molar-refractivity contribution in [2.75, 3.05) is 38.1 Å². The summed E-state index contributed by atoms with van der Waals surface area (Å²) in [6, 6.07) is 2.70. The van der Waals surface area contributed by atoms with Crippen molar-refractivity contribution in [3.8, 4) is 0 Å². The van der Waals surface area contributed by atoms with Gasteiger partial charge in [0.25, 0.3) is 0 Å². The lowest BCUT2D eigenvalue weighted by Gasteiger charge is -2.39. The molecule has 1 saturated heterocycles. The molecule has 21 heavy (non-hydrogen) atoms. The normalized spacial score (nSPS) is 20.3. The van der Waals surface area contributed by atoms with Gasteiger partial charge in [-0.25, -0.2) is 4.98 Å². The van der Waals surface area contributed by atoms with Crippen LogP contribution in [0.5, 0.6) is 0 Å². The van der Waals surface area contributed by atoms with Crippen LogP contribution in [0.3, 0.4) is 0 Å². The molecule has 2 heterocycles. The maximum atomic E-state index is 4.70. The fourth-order valence-electron chi connectivity index (χ4n) is 2.81. The zero-order valence-corrected chi connectivity index (χ0v) is 15.2. The minimum Gasteiger partial charge on any atom is -0.351 e. The lowest BCUT2D eigenvalue weighted by molar-refractivity contribution is 0.274. The first-order chi connectivity index (χ1) is 9.97. The molecule has 1 aliphatic heterocycles. The van der Waals surface area contributed by atoms with Gasteiger partial charge < -0.3 is 15.1 Å². The van der Waals surface area contributed by atoms with E-state index in [9.17, 15) is 0 Å². The van der Waals surface area contributed by atoms with Crippen LogP contribution in [0.4, 0.5) is 5.82 Å². The van der Waals surface area contributed by atoms with E-state index in [2.05, 4.69) is 64.9 Å². The van der Waals surface area contributed by atoms with Crippen LogP contribution >= 0.6 is 15.9 Å². The van der Waals surface area contributed by atoms with Gasteiger partial charge in [-0.3, -0.25) is 0 Å². The summed E-state index contributed by atoms with van der Waals surface area (Å²) in [6.07, 6.45) is 1.91. The fourth-order valence-corrected chi connectivity index (χ4v) is 3.19. The lowest BCUT2D eigenvalue weighted by Crippen LogP contribution is -2.51. The summed E-state index contributed by atoms with van der Waals surface area (Å²) in [5.74, 6) is 1.80. The van der Waals surface area contributed by atoms with E-state index in [1.165, 1.54) is 5.56 Å². The van der Waals surface area contributed by atoms with E-state index in [0.29, 0.717) is 12.0 Å². The number of hydrogen-bond acceptors (Lipinski definition) is 4. The molecule has 2 rings (SSSR count). The van der Waals surface area contributed by atoms with Crippen molar-refractivity contribution in [2.24, 2.45) is 5.92 Å². The molecule has 1 aromatic heterocycles. The molecule has 1 unspecified atom stereocenters. The first-order valence-electron chi connectivity index (χ1n) is 7.77. The third-order valence-electron chi connectivity index (χ3n) is 3.88. The van der Waals surface area contributed by atoms with Crippen LogP contribution in [-0.4, -0.2) is 49.2 Å². The van der Waals surface area contributed by atoms with Crippen molar-refractivity contribution >= 4 is 21.7 Å². The van der Waals surface area contributed by atoms with Crippen molar-refractivity contribution in [1.82, 2.24) is 15.2 Å². The summed E-state index contributed by atoms with van der Waals surface area (Å²) < 4.78 is 1.05. The molecule has 0 aromatic carbocycles. The molecule has 5 heteroatoms. The van der Waals surface area contributed by atoms with Gasteiger partial charge in [-0.15, -0.1) is 0 Å². The Kier molecular flexibility index (Phi) is 6.02. The highest BCUT2D eigenvalue weighted by Crippen LogP contribution is 2.25. The molecule has 4 nitrogen and oxygen atoms in total. The molecule has 0 radical (unpaired) electrons. The molecular weight excluding hydrogens is 328 g/mol. The Labute approximate surface area is 137 Å². The minimum atomic E-state index is 0.501. The molecule has 0 spiro atoms. The first-order valence-corrected chi connectivity index (χ1v) is 8.57. The maximum Gasteiger partial charge on any atom is 0.133 e. The number of pyridine rings is 1. The Morgan fingerprint density at radius 3 is 2.86 bits per heavy atom. The van der Waals surface area contributed by atoms with Crippen LogP contribution in [0, 0.1) is 5.92 Å². The second kappa shape index (κ2) is 7.56. The largest absolute Gasteiger partial charge is 0.351 e. The van der Waals surface area contributed by atoms with Gasteiger partial charge in [-0.2, -0.15) is 0 Å². The Balaban J connectivity index is 2.14. The summed E-state index contributed by atoms with van der Waals surface area (Å²) in [5, 5.41) is 3.53. The fraction of sp³-hybridized carbons (Fsp3) is 0.688. The molecule has 1 fully saturated rings. The number of anilines is 1. The van der Waals surface area contributed by atoms with Crippen LogP contribution in [-0.2, 0) is 6.54 Å². The van der Waals surface area contributed by atoms with Gasteiger partial charge >= 0.3 is 0 Å². The van der Waals surface area contributed by atoms with Crippen molar-refractivity contribution in [2.45, 2.75) is 33.4 Å². The number of rotatable bonds is 5. The quantitative estimate of drug-likeness (QED) is 0.880. The third-order valence-corrected chi connectivity index (χ3v) is 4.31. The van der Waals surface area contributed by atoms with Gasteiger partial charge in [0, 0.05) is 48.5 Å². The number of hydrogen-bond donors (Lipinski definition) is 1.